The minimum absolute atomic E-state index is 0.938. The van der Waals surface area contributed by atoms with Crippen molar-refractivity contribution in [1.82, 2.24) is 4.98 Å². The van der Waals surface area contributed by atoms with Crippen molar-refractivity contribution in [2.45, 2.75) is 45.4 Å². The maximum Gasteiger partial charge on any atom is 0.126 e. The molecule has 0 unspecified atom stereocenters. The third kappa shape index (κ3) is 3.98. The number of rotatable bonds is 4. The first kappa shape index (κ1) is 12.9. The van der Waals surface area contributed by atoms with Crippen molar-refractivity contribution in [3.8, 4) is 0 Å². The molecule has 1 saturated carbocycles. The minimum Gasteiger partial charge on any atom is -0.370 e. The second kappa shape index (κ2) is 6.39. The van der Waals surface area contributed by atoms with Crippen molar-refractivity contribution in [2.24, 2.45) is 5.92 Å². The Labute approximate surface area is 112 Å². The van der Waals surface area contributed by atoms with Crippen LogP contribution < -0.4 is 5.32 Å². The average molecular weight is 297 g/mol. The molecule has 1 heterocycles. The van der Waals surface area contributed by atoms with Gasteiger partial charge in [0.25, 0.3) is 0 Å². The van der Waals surface area contributed by atoms with Crippen LogP contribution in [-0.4, -0.2) is 11.5 Å². The van der Waals surface area contributed by atoms with Crippen LogP contribution in [0.25, 0.3) is 0 Å². The molecule has 0 aliphatic heterocycles. The van der Waals surface area contributed by atoms with Gasteiger partial charge >= 0.3 is 0 Å². The van der Waals surface area contributed by atoms with Crippen LogP contribution in [0.2, 0.25) is 0 Å². The molecule has 1 N–H and O–H groups in total. The molecule has 0 atom stereocenters. The summed E-state index contributed by atoms with van der Waals surface area (Å²) < 4.78 is 1.08. The van der Waals surface area contributed by atoms with Crippen LogP contribution in [0.3, 0.4) is 0 Å². The fourth-order valence-electron chi connectivity index (χ4n) is 2.52. The summed E-state index contributed by atoms with van der Waals surface area (Å²) in [5.74, 6) is 1.94. The predicted octanol–water partition coefficient (Wildman–Crippen LogP) is 4.53. The van der Waals surface area contributed by atoms with Crippen LogP contribution in [0.5, 0.6) is 0 Å². The van der Waals surface area contributed by atoms with Crippen molar-refractivity contribution in [2.75, 3.05) is 11.9 Å². The molecule has 94 valence electrons. The normalized spacial score (nSPS) is 17.1. The lowest BCUT2D eigenvalue weighted by molar-refractivity contribution is 0.345. The molecule has 2 nitrogen and oxygen atoms in total. The Morgan fingerprint density at radius 1 is 1.29 bits per heavy atom. The van der Waals surface area contributed by atoms with E-state index in [0.717, 1.165) is 28.4 Å². The second-order valence-corrected chi connectivity index (χ2v) is 5.84. The molecular formula is C14H21BrN2. The molecule has 17 heavy (non-hydrogen) atoms. The number of aromatic nitrogens is 1. The third-order valence-electron chi connectivity index (χ3n) is 3.60. The van der Waals surface area contributed by atoms with Crippen molar-refractivity contribution < 1.29 is 0 Å². The second-order valence-electron chi connectivity index (χ2n) is 4.98. The van der Waals surface area contributed by atoms with Gasteiger partial charge in [-0.15, -0.1) is 0 Å². The molecule has 3 heteroatoms. The molecule has 1 fully saturated rings. The van der Waals surface area contributed by atoms with Crippen LogP contribution in [0, 0.1) is 12.8 Å². The molecule has 0 bridgehead atoms. The molecule has 2 rings (SSSR count). The molecule has 0 amide bonds. The topological polar surface area (TPSA) is 24.9 Å². The molecule has 0 radical (unpaired) electrons. The highest BCUT2D eigenvalue weighted by atomic mass is 79.9. The minimum atomic E-state index is 0.938. The molecule has 1 aromatic rings. The highest BCUT2D eigenvalue weighted by Crippen LogP contribution is 2.26. The number of nitrogens with zero attached hydrogens (tertiary/aromatic N) is 1. The Balaban J connectivity index is 1.75. The van der Waals surface area contributed by atoms with Crippen molar-refractivity contribution >= 4 is 21.7 Å². The van der Waals surface area contributed by atoms with E-state index >= 15 is 0 Å². The van der Waals surface area contributed by atoms with Gasteiger partial charge in [0.1, 0.15) is 5.82 Å². The monoisotopic (exact) mass is 296 g/mol. The van der Waals surface area contributed by atoms with Crippen LogP contribution in [0.15, 0.2) is 16.6 Å². The maximum absolute atomic E-state index is 4.50. The van der Waals surface area contributed by atoms with Crippen molar-refractivity contribution in [1.29, 1.82) is 0 Å². The van der Waals surface area contributed by atoms with Gasteiger partial charge in [0, 0.05) is 11.0 Å². The number of anilines is 1. The summed E-state index contributed by atoms with van der Waals surface area (Å²) in [5.41, 5.74) is 1.05. The summed E-state index contributed by atoms with van der Waals surface area (Å²) in [7, 11) is 0. The van der Waals surface area contributed by atoms with Crippen LogP contribution >= 0.6 is 15.9 Å². The van der Waals surface area contributed by atoms with E-state index in [1.54, 1.807) is 0 Å². The highest BCUT2D eigenvalue weighted by Gasteiger charge is 2.12. The van der Waals surface area contributed by atoms with Gasteiger partial charge in [-0.2, -0.15) is 0 Å². The molecule has 0 spiro atoms. The number of halogens is 1. The smallest absolute Gasteiger partial charge is 0.126 e. The van der Waals surface area contributed by atoms with Crippen LogP contribution in [0.4, 0.5) is 5.82 Å². The zero-order chi connectivity index (χ0) is 12.1. The highest BCUT2D eigenvalue weighted by molar-refractivity contribution is 9.10. The molecule has 1 aliphatic carbocycles. The Kier molecular flexibility index (Phi) is 4.84. The Morgan fingerprint density at radius 3 is 2.76 bits per heavy atom. The summed E-state index contributed by atoms with van der Waals surface area (Å²) in [6, 6.07) is 4.10. The van der Waals surface area contributed by atoms with E-state index in [2.05, 4.69) is 32.3 Å². The molecule has 1 aliphatic rings. The Hall–Kier alpha value is -0.570. The van der Waals surface area contributed by atoms with E-state index in [1.807, 2.05) is 13.0 Å². The molecular weight excluding hydrogens is 276 g/mol. The first-order chi connectivity index (χ1) is 8.25. The van der Waals surface area contributed by atoms with Gasteiger partial charge in [0.15, 0.2) is 0 Å². The zero-order valence-corrected chi connectivity index (χ0v) is 12.1. The molecule has 1 aromatic heterocycles. The van der Waals surface area contributed by atoms with E-state index < -0.39 is 0 Å². The van der Waals surface area contributed by atoms with E-state index in [-0.39, 0.29) is 0 Å². The lowest BCUT2D eigenvalue weighted by Gasteiger charge is -2.21. The summed E-state index contributed by atoms with van der Waals surface area (Å²) in [6.07, 6.45) is 8.44. The van der Waals surface area contributed by atoms with Gasteiger partial charge in [-0.25, -0.2) is 4.98 Å². The van der Waals surface area contributed by atoms with Crippen LogP contribution in [0.1, 0.15) is 44.2 Å². The number of nitrogens with one attached hydrogen (secondary N) is 1. The number of hydrogen-bond donors (Lipinski definition) is 1. The van der Waals surface area contributed by atoms with Gasteiger partial charge in [0.2, 0.25) is 0 Å². The maximum atomic E-state index is 4.50. The number of hydrogen-bond acceptors (Lipinski definition) is 2. The largest absolute Gasteiger partial charge is 0.370 e. The SMILES string of the molecule is Cc1nc(NCCC2CCCCC2)ccc1Br. The fourth-order valence-corrected chi connectivity index (χ4v) is 2.74. The average Bonchev–Trinajstić information content (AvgIpc) is 2.35. The summed E-state index contributed by atoms with van der Waals surface area (Å²) in [6.45, 7) is 3.08. The lowest BCUT2D eigenvalue weighted by Crippen LogP contribution is -2.12. The summed E-state index contributed by atoms with van der Waals surface area (Å²) in [4.78, 5) is 4.50. The van der Waals surface area contributed by atoms with Gasteiger partial charge in [-0.1, -0.05) is 32.1 Å². The van der Waals surface area contributed by atoms with Crippen LogP contribution in [-0.2, 0) is 0 Å². The van der Waals surface area contributed by atoms with Gasteiger partial charge in [-0.3, -0.25) is 0 Å². The van der Waals surface area contributed by atoms with E-state index in [4.69, 9.17) is 0 Å². The summed E-state index contributed by atoms with van der Waals surface area (Å²) >= 11 is 3.47. The van der Waals surface area contributed by atoms with Gasteiger partial charge in [0.05, 0.1) is 5.69 Å². The van der Waals surface area contributed by atoms with Gasteiger partial charge in [-0.05, 0) is 47.3 Å². The number of aryl methyl sites for hydroxylation is 1. The number of pyridine rings is 1. The zero-order valence-electron chi connectivity index (χ0n) is 10.5. The molecule has 0 aromatic carbocycles. The van der Waals surface area contributed by atoms with E-state index in [1.165, 1.54) is 38.5 Å². The van der Waals surface area contributed by atoms with Crippen molar-refractivity contribution in [3.05, 3.63) is 22.3 Å². The Bertz CT molecular complexity index is 359. The fraction of sp³-hybridized carbons (Fsp3) is 0.643. The van der Waals surface area contributed by atoms with Gasteiger partial charge < -0.3 is 5.32 Å². The van der Waals surface area contributed by atoms with E-state index in [0.29, 0.717) is 0 Å². The quantitative estimate of drug-likeness (QED) is 0.883. The van der Waals surface area contributed by atoms with E-state index in [9.17, 15) is 0 Å². The lowest BCUT2D eigenvalue weighted by atomic mass is 9.87. The Morgan fingerprint density at radius 2 is 2.06 bits per heavy atom. The first-order valence-electron chi connectivity index (χ1n) is 6.63. The molecule has 0 saturated heterocycles. The standard InChI is InChI=1S/C14H21BrN2/c1-11-13(15)7-8-14(17-11)16-10-9-12-5-3-2-4-6-12/h7-8,12H,2-6,9-10H2,1H3,(H,16,17). The van der Waals surface area contributed by atoms with Crippen molar-refractivity contribution in [3.63, 3.8) is 0 Å². The summed E-state index contributed by atoms with van der Waals surface area (Å²) in [5, 5.41) is 3.43. The third-order valence-corrected chi connectivity index (χ3v) is 4.44. The first-order valence-corrected chi connectivity index (χ1v) is 7.42. The predicted molar refractivity (Wildman–Crippen MR) is 76.4 cm³/mol.